The van der Waals surface area contributed by atoms with Gasteiger partial charge in [0.15, 0.2) is 0 Å². The number of methoxy groups -OCH3 is 1. The topological polar surface area (TPSA) is 110 Å². The molecule has 0 aliphatic rings. The van der Waals surface area contributed by atoms with Gasteiger partial charge in [-0.1, -0.05) is 27.7 Å². The molecule has 0 bridgehead atoms. The number of hydrogen-bond donors (Lipinski definition) is 1. The summed E-state index contributed by atoms with van der Waals surface area (Å²) in [5.41, 5.74) is 0. The summed E-state index contributed by atoms with van der Waals surface area (Å²) in [7, 11) is -6.51. The minimum absolute atomic E-state index is 0.00790. The lowest BCUT2D eigenvalue weighted by Crippen LogP contribution is -2.44. The Morgan fingerprint density at radius 3 is 1.88 bits per heavy atom. The summed E-state index contributed by atoms with van der Waals surface area (Å²) >= 11 is 0. The maximum Gasteiger partial charge on any atom is 0.324 e. The molecule has 1 aromatic rings. The number of ether oxygens (including phenoxy) is 1. The zero-order valence-corrected chi connectivity index (χ0v) is 17.2. The SMILES string of the molecule is CCN(CC)S(=O)(=O)c1ccc(S(=O)(=O)N[C@H](C(=O)OC)C(C)C)cc1. The molecule has 0 aliphatic carbocycles. The minimum Gasteiger partial charge on any atom is -0.468 e. The van der Waals surface area contributed by atoms with Gasteiger partial charge in [0.2, 0.25) is 20.0 Å². The zero-order valence-electron chi connectivity index (χ0n) is 15.6. The van der Waals surface area contributed by atoms with Crippen LogP contribution >= 0.6 is 0 Å². The summed E-state index contributed by atoms with van der Waals surface area (Å²) in [6.45, 7) is 7.45. The molecule has 1 aromatic carbocycles. The van der Waals surface area contributed by atoms with Crippen LogP contribution in [0.5, 0.6) is 0 Å². The molecule has 8 nitrogen and oxygen atoms in total. The van der Waals surface area contributed by atoms with Crippen LogP contribution in [-0.4, -0.2) is 53.4 Å². The van der Waals surface area contributed by atoms with Gasteiger partial charge in [-0.2, -0.15) is 9.03 Å². The standard InChI is InChI=1S/C16H26N2O6S2/c1-6-18(7-2)26(22,23)14-10-8-13(9-11-14)25(20,21)17-15(12(3)4)16(19)24-5/h8-12,15,17H,6-7H2,1-5H3/t15-/m0/s1. The van der Waals surface area contributed by atoms with E-state index in [9.17, 15) is 21.6 Å². The molecule has 0 saturated carbocycles. The van der Waals surface area contributed by atoms with Crippen molar-refractivity contribution in [2.75, 3.05) is 20.2 Å². The second-order valence-corrected chi connectivity index (χ2v) is 9.58. The van der Waals surface area contributed by atoms with Gasteiger partial charge in [-0.15, -0.1) is 0 Å². The summed E-state index contributed by atoms with van der Waals surface area (Å²) in [6, 6.07) is 3.85. The lowest BCUT2D eigenvalue weighted by Gasteiger charge is -2.20. The molecule has 1 rings (SSSR count). The number of carbonyl (C=O) groups excluding carboxylic acids is 1. The predicted octanol–water partition coefficient (Wildman–Crippen LogP) is 1.19. The third kappa shape index (κ3) is 5.03. The van der Waals surface area contributed by atoms with Crippen LogP contribution in [0.1, 0.15) is 27.7 Å². The van der Waals surface area contributed by atoms with Crippen molar-refractivity contribution in [3.05, 3.63) is 24.3 Å². The fourth-order valence-corrected chi connectivity index (χ4v) is 5.11. The van der Waals surface area contributed by atoms with E-state index < -0.39 is 32.1 Å². The highest BCUT2D eigenvalue weighted by Gasteiger charge is 2.29. The Morgan fingerprint density at radius 2 is 1.50 bits per heavy atom. The van der Waals surface area contributed by atoms with Crippen LogP contribution in [0, 0.1) is 5.92 Å². The van der Waals surface area contributed by atoms with E-state index in [2.05, 4.69) is 9.46 Å². The number of nitrogens with one attached hydrogen (secondary N) is 1. The summed E-state index contributed by atoms with van der Waals surface area (Å²) in [4.78, 5) is 11.6. The Morgan fingerprint density at radius 1 is 1.04 bits per heavy atom. The average Bonchev–Trinajstić information content (AvgIpc) is 2.59. The predicted molar refractivity (Wildman–Crippen MR) is 97.5 cm³/mol. The molecule has 0 amide bonds. The van der Waals surface area contributed by atoms with E-state index in [0.717, 1.165) is 0 Å². The molecule has 0 saturated heterocycles. The molecule has 1 atom stereocenters. The van der Waals surface area contributed by atoms with Gasteiger partial charge in [-0.25, -0.2) is 16.8 Å². The van der Waals surface area contributed by atoms with Gasteiger partial charge in [0.05, 0.1) is 16.9 Å². The van der Waals surface area contributed by atoms with Gasteiger partial charge < -0.3 is 4.74 Å². The van der Waals surface area contributed by atoms with Crippen molar-refractivity contribution in [3.8, 4) is 0 Å². The van der Waals surface area contributed by atoms with Crippen LogP contribution < -0.4 is 4.72 Å². The summed E-state index contributed by atoms with van der Waals surface area (Å²) in [5, 5.41) is 0. The zero-order chi connectivity index (χ0) is 20.1. The van der Waals surface area contributed by atoms with Crippen molar-refractivity contribution in [2.24, 2.45) is 5.92 Å². The van der Waals surface area contributed by atoms with Crippen molar-refractivity contribution in [1.29, 1.82) is 0 Å². The molecule has 0 aliphatic heterocycles. The monoisotopic (exact) mass is 406 g/mol. The molecule has 0 unspecified atom stereocenters. The van der Waals surface area contributed by atoms with E-state index in [1.807, 2.05) is 0 Å². The van der Waals surface area contributed by atoms with Crippen LogP contribution in [-0.2, 0) is 29.6 Å². The molecule has 26 heavy (non-hydrogen) atoms. The van der Waals surface area contributed by atoms with E-state index in [1.54, 1.807) is 27.7 Å². The average molecular weight is 407 g/mol. The molecule has 0 spiro atoms. The fourth-order valence-electron chi connectivity index (χ4n) is 2.32. The molecular formula is C16H26N2O6S2. The molecule has 0 fully saturated rings. The second kappa shape index (κ2) is 8.94. The highest BCUT2D eigenvalue weighted by atomic mass is 32.2. The van der Waals surface area contributed by atoms with E-state index in [-0.39, 0.29) is 15.7 Å². The van der Waals surface area contributed by atoms with E-state index in [4.69, 9.17) is 0 Å². The summed E-state index contributed by atoms with van der Waals surface area (Å²) in [6.07, 6.45) is 0. The highest BCUT2D eigenvalue weighted by molar-refractivity contribution is 7.89. The number of carbonyl (C=O) groups is 1. The first-order valence-corrected chi connectivity index (χ1v) is 11.1. The van der Waals surface area contributed by atoms with Crippen molar-refractivity contribution in [3.63, 3.8) is 0 Å². The Labute approximate surface area is 155 Å². The van der Waals surface area contributed by atoms with Crippen molar-refractivity contribution in [1.82, 2.24) is 9.03 Å². The molecule has 0 heterocycles. The number of esters is 1. The maximum atomic E-state index is 12.5. The second-order valence-electron chi connectivity index (χ2n) is 5.93. The van der Waals surface area contributed by atoms with E-state index in [0.29, 0.717) is 13.1 Å². The molecule has 10 heteroatoms. The molecular weight excluding hydrogens is 380 g/mol. The Bertz CT molecular complexity index is 813. The van der Waals surface area contributed by atoms with Crippen LogP contribution in [0.25, 0.3) is 0 Å². The van der Waals surface area contributed by atoms with Crippen LogP contribution in [0.2, 0.25) is 0 Å². The molecule has 148 valence electrons. The third-order valence-corrected chi connectivity index (χ3v) is 7.40. The van der Waals surface area contributed by atoms with E-state index >= 15 is 0 Å². The van der Waals surface area contributed by atoms with Gasteiger partial charge in [-0.3, -0.25) is 4.79 Å². The molecule has 0 radical (unpaired) electrons. The number of nitrogens with zero attached hydrogens (tertiary/aromatic N) is 1. The van der Waals surface area contributed by atoms with Gasteiger partial charge in [-0.05, 0) is 30.2 Å². The Kier molecular flexibility index (Phi) is 7.75. The number of hydrogen-bond acceptors (Lipinski definition) is 6. The fraction of sp³-hybridized carbons (Fsp3) is 0.562. The minimum atomic E-state index is -4.01. The Balaban J connectivity index is 3.16. The first-order chi connectivity index (χ1) is 12.0. The Hall–Kier alpha value is -1.49. The van der Waals surface area contributed by atoms with Gasteiger partial charge in [0.1, 0.15) is 6.04 Å². The quantitative estimate of drug-likeness (QED) is 0.617. The van der Waals surface area contributed by atoms with Crippen molar-refractivity contribution >= 4 is 26.0 Å². The van der Waals surface area contributed by atoms with Gasteiger partial charge in [0.25, 0.3) is 0 Å². The van der Waals surface area contributed by atoms with Gasteiger partial charge in [0, 0.05) is 13.1 Å². The maximum absolute atomic E-state index is 12.5. The number of sulfonamides is 2. The molecule has 0 aromatic heterocycles. The smallest absolute Gasteiger partial charge is 0.324 e. The first-order valence-electron chi connectivity index (χ1n) is 8.21. The summed E-state index contributed by atoms with van der Waals surface area (Å²) in [5.74, 6) is -1.01. The van der Waals surface area contributed by atoms with Crippen molar-refractivity contribution in [2.45, 2.75) is 43.5 Å². The normalized spacial score (nSPS) is 13.8. The first kappa shape index (κ1) is 22.6. The number of benzene rings is 1. The van der Waals surface area contributed by atoms with Crippen LogP contribution in [0.4, 0.5) is 0 Å². The lowest BCUT2D eigenvalue weighted by atomic mass is 10.1. The summed E-state index contributed by atoms with van der Waals surface area (Å²) < 4.78 is 58.1. The largest absolute Gasteiger partial charge is 0.468 e. The van der Waals surface area contributed by atoms with Crippen LogP contribution in [0.15, 0.2) is 34.1 Å². The third-order valence-electron chi connectivity index (χ3n) is 3.88. The lowest BCUT2D eigenvalue weighted by molar-refractivity contribution is -0.143. The number of rotatable bonds is 9. The highest BCUT2D eigenvalue weighted by Crippen LogP contribution is 2.19. The molecule has 1 N–H and O–H groups in total. The van der Waals surface area contributed by atoms with E-state index in [1.165, 1.54) is 35.7 Å². The van der Waals surface area contributed by atoms with Crippen LogP contribution in [0.3, 0.4) is 0 Å². The van der Waals surface area contributed by atoms with Gasteiger partial charge >= 0.3 is 5.97 Å². The van der Waals surface area contributed by atoms with Crippen molar-refractivity contribution < 1.29 is 26.4 Å².